The Morgan fingerprint density at radius 2 is 1.59 bits per heavy atom. The zero-order valence-electron chi connectivity index (χ0n) is 20.6. The third-order valence-corrected chi connectivity index (χ3v) is 7.26. The standard InChI is InChI=1S/C29H28N4O4/c1-19-26(31-24-3-2-4-25(30-24)33-15-17-36-18-16-33)27(37-32-19)22-7-5-20(6-8-22)21-9-11-23(12-10-21)29(13-14-29)28(34)35/h2-12H,13-18H2,1H3,(H,30,31)(H,34,35). The lowest BCUT2D eigenvalue weighted by molar-refractivity contribution is -0.140. The first-order chi connectivity index (χ1) is 18.0. The molecule has 0 spiro atoms. The zero-order chi connectivity index (χ0) is 25.4. The lowest BCUT2D eigenvalue weighted by Crippen LogP contribution is -2.36. The van der Waals surface area contributed by atoms with Crippen LogP contribution >= 0.6 is 0 Å². The first kappa shape index (κ1) is 23.2. The SMILES string of the molecule is Cc1noc(-c2ccc(-c3ccc(C4(C(=O)O)CC4)cc3)cc2)c1Nc1cccc(N2CCOCC2)n1. The van der Waals surface area contributed by atoms with Gasteiger partial charge in [-0.2, -0.15) is 0 Å². The number of hydrogen-bond acceptors (Lipinski definition) is 7. The summed E-state index contributed by atoms with van der Waals surface area (Å²) in [6.07, 6.45) is 1.41. The lowest BCUT2D eigenvalue weighted by Gasteiger charge is -2.28. The highest BCUT2D eigenvalue weighted by Gasteiger charge is 2.51. The molecule has 3 heterocycles. The van der Waals surface area contributed by atoms with Crippen molar-refractivity contribution in [3.8, 4) is 22.5 Å². The minimum absolute atomic E-state index is 0.648. The van der Waals surface area contributed by atoms with Crippen molar-refractivity contribution in [1.82, 2.24) is 10.1 Å². The summed E-state index contributed by atoms with van der Waals surface area (Å²) in [6, 6.07) is 21.9. The maximum atomic E-state index is 11.6. The third-order valence-electron chi connectivity index (χ3n) is 7.26. The largest absolute Gasteiger partial charge is 0.481 e. The van der Waals surface area contributed by atoms with Gasteiger partial charge in [0.2, 0.25) is 0 Å². The summed E-state index contributed by atoms with van der Waals surface area (Å²) in [7, 11) is 0. The highest BCUT2D eigenvalue weighted by molar-refractivity contribution is 5.85. The Balaban J connectivity index is 1.21. The van der Waals surface area contributed by atoms with Crippen LogP contribution in [0.5, 0.6) is 0 Å². The van der Waals surface area contributed by atoms with Gasteiger partial charge >= 0.3 is 5.97 Å². The van der Waals surface area contributed by atoms with E-state index >= 15 is 0 Å². The summed E-state index contributed by atoms with van der Waals surface area (Å²) in [4.78, 5) is 18.6. The van der Waals surface area contributed by atoms with Gasteiger partial charge in [-0.25, -0.2) is 4.98 Å². The Kier molecular flexibility index (Phi) is 5.88. The average molecular weight is 497 g/mol. The van der Waals surface area contributed by atoms with Crippen molar-refractivity contribution < 1.29 is 19.2 Å². The molecule has 0 radical (unpaired) electrons. The molecule has 2 aromatic heterocycles. The molecule has 1 saturated carbocycles. The predicted octanol–water partition coefficient (Wildman–Crippen LogP) is 5.41. The fraction of sp³-hybridized carbons (Fsp3) is 0.276. The molecule has 2 aliphatic rings. The number of morpholine rings is 1. The van der Waals surface area contributed by atoms with E-state index in [0.717, 1.165) is 58.4 Å². The smallest absolute Gasteiger partial charge is 0.314 e. The van der Waals surface area contributed by atoms with E-state index < -0.39 is 11.4 Å². The predicted molar refractivity (Wildman–Crippen MR) is 141 cm³/mol. The number of pyridine rings is 1. The first-order valence-electron chi connectivity index (χ1n) is 12.5. The number of rotatable bonds is 7. The Labute approximate surface area is 214 Å². The number of benzene rings is 2. The molecule has 6 rings (SSSR count). The van der Waals surface area contributed by atoms with Gasteiger partial charge < -0.3 is 24.6 Å². The number of ether oxygens (including phenoxy) is 1. The second-order valence-corrected chi connectivity index (χ2v) is 9.62. The highest BCUT2D eigenvalue weighted by atomic mass is 16.5. The van der Waals surface area contributed by atoms with Crippen LogP contribution in [0.15, 0.2) is 71.3 Å². The summed E-state index contributed by atoms with van der Waals surface area (Å²) >= 11 is 0. The van der Waals surface area contributed by atoms with Gasteiger partial charge in [-0.15, -0.1) is 0 Å². The molecule has 0 amide bonds. The fourth-order valence-electron chi connectivity index (χ4n) is 4.85. The molecule has 1 saturated heterocycles. The van der Waals surface area contributed by atoms with E-state index in [1.165, 1.54) is 0 Å². The number of carboxylic acid groups (broad SMARTS) is 1. The van der Waals surface area contributed by atoms with E-state index in [0.29, 0.717) is 31.8 Å². The minimum Gasteiger partial charge on any atom is -0.481 e. The number of carboxylic acids is 1. The second kappa shape index (κ2) is 9.37. The fourth-order valence-corrected chi connectivity index (χ4v) is 4.85. The number of aromatic nitrogens is 2. The number of anilines is 3. The molecule has 37 heavy (non-hydrogen) atoms. The molecule has 188 valence electrons. The monoisotopic (exact) mass is 496 g/mol. The van der Waals surface area contributed by atoms with Crippen LogP contribution in [-0.4, -0.2) is 47.5 Å². The molecule has 2 N–H and O–H groups in total. The topological polar surface area (TPSA) is 101 Å². The van der Waals surface area contributed by atoms with Gasteiger partial charge in [0.25, 0.3) is 0 Å². The molecule has 0 unspecified atom stereocenters. The van der Waals surface area contributed by atoms with Gasteiger partial charge in [0.15, 0.2) is 5.76 Å². The normalized spacial score (nSPS) is 16.4. The van der Waals surface area contributed by atoms with Crippen LogP contribution in [0.25, 0.3) is 22.5 Å². The number of aliphatic carboxylic acids is 1. The first-order valence-corrected chi connectivity index (χ1v) is 12.5. The second-order valence-electron chi connectivity index (χ2n) is 9.62. The van der Waals surface area contributed by atoms with Crippen molar-refractivity contribution in [2.24, 2.45) is 0 Å². The number of nitrogens with one attached hydrogen (secondary N) is 1. The molecule has 8 heteroatoms. The van der Waals surface area contributed by atoms with Crippen molar-refractivity contribution in [3.63, 3.8) is 0 Å². The summed E-state index contributed by atoms with van der Waals surface area (Å²) in [5, 5.41) is 17.1. The van der Waals surface area contributed by atoms with E-state index in [9.17, 15) is 9.90 Å². The number of hydrogen-bond donors (Lipinski definition) is 2. The van der Waals surface area contributed by atoms with E-state index in [-0.39, 0.29) is 0 Å². The van der Waals surface area contributed by atoms with E-state index in [1.807, 2.05) is 73.7 Å². The summed E-state index contributed by atoms with van der Waals surface area (Å²) in [5.41, 5.74) is 4.70. The molecule has 8 nitrogen and oxygen atoms in total. The maximum absolute atomic E-state index is 11.6. The minimum atomic E-state index is -0.737. The van der Waals surface area contributed by atoms with Crippen LogP contribution in [0, 0.1) is 6.92 Å². The van der Waals surface area contributed by atoms with Crippen molar-refractivity contribution >= 4 is 23.3 Å². The van der Waals surface area contributed by atoms with Crippen LogP contribution in [0.4, 0.5) is 17.3 Å². The van der Waals surface area contributed by atoms with Crippen LogP contribution in [0.3, 0.4) is 0 Å². The van der Waals surface area contributed by atoms with E-state index in [1.54, 1.807) is 0 Å². The van der Waals surface area contributed by atoms with Gasteiger partial charge in [-0.1, -0.05) is 59.8 Å². The van der Waals surface area contributed by atoms with Gasteiger partial charge in [-0.3, -0.25) is 4.79 Å². The molecular weight excluding hydrogens is 468 g/mol. The molecule has 1 aliphatic carbocycles. The van der Waals surface area contributed by atoms with Gasteiger partial charge in [0.1, 0.15) is 23.0 Å². The molecule has 1 aliphatic heterocycles. The number of aryl methyl sites for hydroxylation is 1. The average Bonchev–Trinajstić information content (AvgIpc) is 3.69. The number of nitrogens with zero attached hydrogens (tertiary/aromatic N) is 3. The van der Waals surface area contributed by atoms with E-state index in [4.69, 9.17) is 14.2 Å². The molecule has 0 bridgehead atoms. The number of carbonyl (C=O) groups is 1. The van der Waals surface area contributed by atoms with Crippen molar-refractivity contribution in [1.29, 1.82) is 0 Å². The molecule has 2 aromatic carbocycles. The highest BCUT2D eigenvalue weighted by Crippen LogP contribution is 2.48. The Morgan fingerprint density at radius 3 is 2.24 bits per heavy atom. The van der Waals surface area contributed by atoms with Crippen LogP contribution < -0.4 is 10.2 Å². The van der Waals surface area contributed by atoms with Gasteiger partial charge in [-0.05, 0) is 48.6 Å². The van der Waals surface area contributed by atoms with Crippen molar-refractivity contribution in [2.75, 3.05) is 36.5 Å². The lowest BCUT2D eigenvalue weighted by atomic mass is 9.93. The molecule has 0 atom stereocenters. The Hall–Kier alpha value is -4.17. The van der Waals surface area contributed by atoms with Gasteiger partial charge in [0, 0.05) is 18.7 Å². The van der Waals surface area contributed by atoms with Crippen molar-refractivity contribution in [2.45, 2.75) is 25.2 Å². The molecule has 2 fully saturated rings. The summed E-state index contributed by atoms with van der Waals surface area (Å²) in [5.74, 6) is 1.55. The zero-order valence-corrected chi connectivity index (χ0v) is 20.6. The Morgan fingerprint density at radius 1 is 0.946 bits per heavy atom. The Bertz CT molecular complexity index is 1420. The maximum Gasteiger partial charge on any atom is 0.314 e. The molecular formula is C29H28N4O4. The molecule has 4 aromatic rings. The van der Waals surface area contributed by atoms with Crippen LogP contribution in [-0.2, 0) is 14.9 Å². The quantitative estimate of drug-likeness (QED) is 0.350. The van der Waals surface area contributed by atoms with Gasteiger partial charge in [0.05, 0.1) is 18.6 Å². The summed E-state index contributed by atoms with van der Waals surface area (Å²) < 4.78 is 11.2. The third kappa shape index (κ3) is 4.44. The van der Waals surface area contributed by atoms with Crippen LogP contribution in [0.2, 0.25) is 0 Å². The van der Waals surface area contributed by atoms with Crippen molar-refractivity contribution in [3.05, 3.63) is 78.0 Å². The van der Waals surface area contributed by atoms with Crippen LogP contribution in [0.1, 0.15) is 24.1 Å². The van der Waals surface area contributed by atoms with E-state index in [2.05, 4.69) is 15.4 Å². The summed E-state index contributed by atoms with van der Waals surface area (Å²) in [6.45, 7) is 4.96.